The van der Waals surface area contributed by atoms with E-state index in [0.29, 0.717) is 0 Å². The van der Waals surface area contributed by atoms with Crippen LogP contribution in [-0.2, 0) is 0 Å². The molecule has 0 bridgehead atoms. The van der Waals surface area contributed by atoms with E-state index in [9.17, 15) is 4.39 Å². The van der Waals surface area contributed by atoms with Crippen LogP contribution in [0.15, 0.2) is 48.7 Å². The zero-order valence-electron chi connectivity index (χ0n) is 14.5. The molecular weight excluding hydrogens is 315 g/mol. The van der Waals surface area contributed by atoms with E-state index in [1.165, 1.54) is 23.2 Å². The molecule has 1 fully saturated rings. The van der Waals surface area contributed by atoms with E-state index in [0.717, 1.165) is 36.8 Å². The molecule has 4 nitrogen and oxygen atoms in total. The van der Waals surface area contributed by atoms with E-state index in [1.807, 2.05) is 12.1 Å². The quantitative estimate of drug-likeness (QED) is 0.713. The minimum atomic E-state index is -0.300. The van der Waals surface area contributed by atoms with Crippen LogP contribution in [0.3, 0.4) is 0 Å². The third-order valence-electron chi connectivity index (χ3n) is 4.87. The van der Waals surface area contributed by atoms with E-state index in [-0.39, 0.29) is 11.9 Å². The highest BCUT2D eigenvalue weighted by molar-refractivity contribution is 5.83. The lowest BCUT2D eigenvalue weighted by atomic mass is 10.1. The van der Waals surface area contributed by atoms with Gasteiger partial charge in [-0.3, -0.25) is 0 Å². The van der Waals surface area contributed by atoms with Crippen LogP contribution in [0.1, 0.15) is 12.5 Å². The number of nitrogens with zero attached hydrogens (tertiary/aromatic N) is 4. The standard InChI is InChI=1S/C20H21FN4/c1-14-11-20(23-18-6-4-3-5-17(14)18)24-9-10-25(15(2)13-24)19-8-7-16(21)12-22-19/h3-8,11-12,15H,9-10,13H2,1-2H3. The summed E-state index contributed by atoms with van der Waals surface area (Å²) in [6.07, 6.45) is 1.28. The number of anilines is 2. The van der Waals surface area contributed by atoms with E-state index < -0.39 is 0 Å². The summed E-state index contributed by atoms with van der Waals surface area (Å²) < 4.78 is 13.1. The number of piperazine rings is 1. The van der Waals surface area contributed by atoms with Crippen LogP contribution >= 0.6 is 0 Å². The predicted molar refractivity (Wildman–Crippen MR) is 99.7 cm³/mol. The Labute approximate surface area is 146 Å². The fraction of sp³-hybridized carbons (Fsp3) is 0.300. The number of fused-ring (bicyclic) bond motifs is 1. The van der Waals surface area contributed by atoms with E-state index in [1.54, 1.807) is 6.07 Å². The largest absolute Gasteiger partial charge is 0.353 e. The Morgan fingerprint density at radius 2 is 1.92 bits per heavy atom. The molecule has 1 aliphatic rings. The number of benzene rings is 1. The van der Waals surface area contributed by atoms with Crippen molar-refractivity contribution in [2.24, 2.45) is 0 Å². The van der Waals surface area contributed by atoms with Gasteiger partial charge in [-0.2, -0.15) is 0 Å². The maximum atomic E-state index is 13.1. The summed E-state index contributed by atoms with van der Waals surface area (Å²) in [6.45, 7) is 6.88. The van der Waals surface area contributed by atoms with Gasteiger partial charge in [-0.1, -0.05) is 18.2 Å². The SMILES string of the molecule is Cc1cc(N2CCN(c3ccc(F)cn3)C(C)C2)nc2ccccc12. The summed E-state index contributed by atoms with van der Waals surface area (Å²) in [5.41, 5.74) is 2.28. The second kappa shape index (κ2) is 6.31. The average molecular weight is 336 g/mol. The molecule has 5 heteroatoms. The summed E-state index contributed by atoms with van der Waals surface area (Å²) in [5.74, 6) is 1.55. The fourth-order valence-electron chi connectivity index (χ4n) is 3.54. The molecule has 0 amide bonds. The third-order valence-corrected chi connectivity index (χ3v) is 4.87. The van der Waals surface area contributed by atoms with Crippen molar-refractivity contribution in [3.63, 3.8) is 0 Å². The maximum Gasteiger partial charge on any atom is 0.141 e. The van der Waals surface area contributed by atoms with Crippen molar-refractivity contribution in [1.82, 2.24) is 9.97 Å². The number of aryl methyl sites for hydroxylation is 1. The van der Waals surface area contributed by atoms with Gasteiger partial charge < -0.3 is 9.80 Å². The van der Waals surface area contributed by atoms with Gasteiger partial charge in [0.25, 0.3) is 0 Å². The number of hydrogen-bond acceptors (Lipinski definition) is 4. The lowest BCUT2D eigenvalue weighted by Crippen LogP contribution is -2.52. The minimum Gasteiger partial charge on any atom is -0.353 e. The van der Waals surface area contributed by atoms with Crippen LogP contribution in [0.2, 0.25) is 0 Å². The number of para-hydroxylation sites is 1. The van der Waals surface area contributed by atoms with Crippen molar-refractivity contribution < 1.29 is 4.39 Å². The molecule has 2 aromatic heterocycles. The number of aromatic nitrogens is 2. The molecule has 3 heterocycles. The first-order chi connectivity index (χ1) is 12.1. The molecule has 1 aromatic carbocycles. The number of hydrogen-bond donors (Lipinski definition) is 0. The van der Waals surface area contributed by atoms with Crippen molar-refractivity contribution in [3.8, 4) is 0 Å². The zero-order chi connectivity index (χ0) is 17.4. The normalized spacial score (nSPS) is 18.0. The molecule has 128 valence electrons. The second-order valence-corrected chi connectivity index (χ2v) is 6.64. The van der Waals surface area contributed by atoms with Crippen LogP contribution in [-0.4, -0.2) is 35.6 Å². The average Bonchev–Trinajstić information content (AvgIpc) is 2.62. The Balaban J connectivity index is 1.57. The zero-order valence-corrected chi connectivity index (χ0v) is 14.5. The Bertz CT molecular complexity index is 894. The van der Waals surface area contributed by atoms with E-state index in [2.05, 4.69) is 46.8 Å². The Morgan fingerprint density at radius 1 is 1.08 bits per heavy atom. The molecule has 0 radical (unpaired) electrons. The summed E-state index contributed by atoms with van der Waals surface area (Å²) in [5, 5.41) is 1.20. The summed E-state index contributed by atoms with van der Waals surface area (Å²) >= 11 is 0. The molecule has 1 unspecified atom stereocenters. The first-order valence-corrected chi connectivity index (χ1v) is 8.61. The van der Waals surface area contributed by atoms with Crippen LogP contribution < -0.4 is 9.80 Å². The summed E-state index contributed by atoms with van der Waals surface area (Å²) in [6, 6.07) is 13.9. The lowest BCUT2D eigenvalue weighted by molar-refractivity contribution is 0.541. The topological polar surface area (TPSA) is 32.3 Å². The highest BCUT2D eigenvalue weighted by atomic mass is 19.1. The van der Waals surface area contributed by atoms with Gasteiger partial charge in [0.05, 0.1) is 11.7 Å². The van der Waals surface area contributed by atoms with Gasteiger partial charge in [-0.25, -0.2) is 14.4 Å². The first kappa shape index (κ1) is 15.8. The molecule has 1 atom stereocenters. The van der Waals surface area contributed by atoms with E-state index >= 15 is 0 Å². The molecule has 3 aromatic rings. The Kier molecular flexibility index (Phi) is 3.99. The third kappa shape index (κ3) is 3.02. The molecule has 25 heavy (non-hydrogen) atoms. The van der Waals surface area contributed by atoms with Crippen LogP contribution in [0, 0.1) is 12.7 Å². The molecule has 1 saturated heterocycles. The van der Waals surface area contributed by atoms with Crippen molar-refractivity contribution in [1.29, 1.82) is 0 Å². The molecule has 0 N–H and O–H groups in total. The van der Waals surface area contributed by atoms with Crippen molar-refractivity contribution in [2.75, 3.05) is 29.4 Å². The van der Waals surface area contributed by atoms with Crippen LogP contribution in [0.4, 0.5) is 16.0 Å². The van der Waals surface area contributed by atoms with Gasteiger partial charge in [0, 0.05) is 31.1 Å². The van der Waals surface area contributed by atoms with Crippen molar-refractivity contribution >= 4 is 22.5 Å². The molecule has 0 spiro atoms. The van der Waals surface area contributed by atoms with Gasteiger partial charge in [-0.05, 0) is 43.7 Å². The first-order valence-electron chi connectivity index (χ1n) is 8.61. The summed E-state index contributed by atoms with van der Waals surface area (Å²) in [4.78, 5) is 13.6. The Hall–Kier alpha value is -2.69. The monoisotopic (exact) mass is 336 g/mol. The smallest absolute Gasteiger partial charge is 0.141 e. The molecule has 1 aliphatic heterocycles. The molecular formula is C20H21FN4. The van der Waals surface area contributed by atoms with Gasteiger partial charge in [0.2, 0.25) is 0 Å². The number of rotatable bonds is 2. The Morgan fingerprint density at radius 3 is 2.68 bits per heavy atom. The maximum absolute atomic E-state index is 13.1. The van der Waals surface area contributed by atoms with E-state index in [4.69, 9.17) is 4.98 Å². The van der Waals surface area contributed by atoms with Gasteiger partial charge in [0.15, 0.2) is 0 Å². The fourth-order valence-corrected chi connectivity index (χ4v) is 3.54. The predicted octanol–water partition coefficient (Wildman–Crippen LogP) is 3.79. The number of pyridine rings is 2. The lowest BCUT2D eigenvalue weighted by Gasteiger charge is -2.41. The van der Waals surface area contributed by atoms with Gasteiger partial charge in [-0.15, -0.1) is 0 Å². The van der Waals surface area contributed by atoms with Crippen LogP contribution in [0.5, 0.6) is 0 Å². The highest BCUT2D eigenvalue weighted by Crippen LogP contribution is 2.25. The second-order valence-electron chi connectivity index (χ2n) is 6.64. The highest BCUT2D eigenvalue weighted by Gasteiger charge is 2.25. The van der Waals surface area contributed by atoms with Crippen molar-refractivity contribution in [2.45, 2.75) is 19.9 Å². The summed E-state index contributed by atoms with van der Waals surface area (Å²) in [7, 11) is 0. The van der Waals surface area contributed by atoms with Crippen molar-refractivity contribution in [3.05, 3.63) is 60.0 Å². The van der Waals surface area contributed by atoms with Gasteiger partial charge in [0.1, 0.15) is 17.5 Å². The number of halogens is 1. The minimum absolute atomic E-state index is 0.278. The van der Waals surface area contributed by atoms with Crippen LogP contribution in [0.25, 0.3) is 10.9 Å². The molecule has 0 aliphatic carbocycles. The molecule has 0 saturated carbocycles. The van der Waals surface area contributed by atoms with Gasteiger partial charge >= 0.3 is 0 Å². The molecule has 4 rings (SSSR count).